The van der Waals surface area contributed by atoms with Gasteiger partial charge in [-0.05, 0) is 55.7 Å². The minimum Gasteiger partial charge on any atom is -0.453 e. The third-order valence-electron chi connectivity index (χ3n) is 4.69. The molecular formula is C16H20O3. The molecule has 1 aliphatic carbocycles. The van der Waals surface area contributed by atoms with Gasteiger partial charge in [-0.15, -0.1) is 0 Å². The average Bonchev–Trinajstić information content (AvgIpc) is 2.92. The lowest BCUT2D eigenvalue weighted by Gasteiger charge is -2.31. The van der Waals surface area contributed by atoms with E-state index >= 15 is 0 Å². The first-order valence-corrected chi connectivity index (χ1v) is 7.04. The summed E-state index contributed by atoms with van der Waals surface area (Å²) in [5.74, 6) is 2.41. The zero-order chi connectivity index (χ0) is 13.6. The number of hydrogen-bond donors (Lipinski definition) is 0. The highest BCUT2D eigenvalue weighted by Crippen LogP contribution is 2.50. The molecule has 2 atom stereocenters. The molecule has 1 aromatic carbocycles. The Morgan fingerprint density at radius 1 is 1.21 bits per heavy atom. The van der Waals surface area contributed by atoms with E-state index in [1.54, 1.807) is 0 Å². The molecule has 0 aromatic heterocycles. The molecule has 1 heterocycles. The number of benzene rings is 1. The summed E-state index contributed by atoms with van der Waals surface area (Å²) in [6.45, 7) is 6.71. The predicted octanol–water partition coefficient (Wildman–Crippen LogP) is 3.29. The standard InChI is InChI=1S/C16H20O3/c1-4-12-5-11(7-17)6-13-9(2)10(3)15-16(14(12)13)19-8-18-15/h7,11-12H,4-6,8H2,1-3H3/t11-,12+/m0/s1. The van der Waals surface area contributed by atoms with Crippen LogP contribution in [0.25, 0.3) is 0 Å². The van der Waals surface area contributed by atoms with Crippen LogP contribution >= 0.6 is 0 Å². The molecule has 3 heteroatoms. The van der Waals surface area contributed by atoms with Gasteiger partial charge in [-0.3, -0.25) is 0 Å². The van der Waals surface area contributed by atoms with Crippen LogP contribution in [0.15, 0.2) is 0 Å². The number of ether oxygens (including phenoxy) is 2. The molecule has 3 nitrogen and oxygen atoms in total. The number of fused-ring (bicyclic) bond motifs is 3. The van der Waals surface area contributed by atoms with Gasteiger partial charge in [-0.1, -0.05) is 6.92 Å². The van der Waals surface area contributed by atoms with E-state index < -0.39 is 0 Å². The van der Waals surface area contributed by atoms with Crippen molar-refractivity contribution in [3.8, 4) is 11.5 Å². The largest absolute Gasteiger partial charge is 0.453 e. The second-order valence-corrected chi connectivity index (χ2v) is 5.65. The summed E-state index contributed by atoms with van der Waals surface area (Å²) in [5.41, 5.74) is 5.05. The molecule has 0 fully saturated rings. The van der Waals surface area contributed by atoms with E-state index in [1.807, 2.05) is 0 Å². The average molecular weight is 260 g/mol. The van der Waals surface area contributed by atoms with Crippen molar-refractivity contribution in [1.29, 1.82) is 0 Å². The first-order valence-electron chi connectivity index (χ1n) is 7.04. The van der Waals surface area contributed by atoms with E-state index in [9.17, 15) is 4.79 Å². The van der Waals surface area contributed by atoms with Crippen LogP contribution < -0.4 is 9.47 Å². The van der Waals surface area contributed by atoms with Crippen molar-refractivity contribution in [2.45, 2.75) is 46.0 Å². The zero-order valence-electron chi connectivity index (χ0n) is 11.8. The molecule has 1 aromatic rings. The van der Waals surface area contributed by atoms with E-state index in [-0.39, 0.29) is 5.92 Å². The monoisotopic (exact) mass is 260 g/mol. The second-order valence-electron chi connectivity index (χ2n) is 5.65. The van der Waals surface area contributed by atoms with Gasteiger partial charge in [-0.2, -0.15) is 0 Å². The molecule has 0 saturated carbocycles. The maximum absolute atomic E-state index is 11.2. The quantitative estimate of drug-likeness (QED) is 0.765. The van der Waals surface area contributed by atoms with Crippen molar-refractivity contribution in [1.82, 2.24) is 0 Å². The van der Waals surface area contributed by atoms with Crippen LogP contribution in [0, 0.1) is 19.8 Å². The summed E-state index contributed by atoms with van der Waals surface area (Å²) in [7, 11) is 0. The highest BCUT2D eigenvalue weighted by atomic mass is 16.7. The Hall–Kier alpha value is -1.51. The zero-order valence-corrected chi connectivity index (χ0v) is 11.8. The van der Waals surface area contributed by atoms with Gasteiger partial charge in [-0.25, -0.2) is 0 Å². The van der Waals surface area contributed by atoms with Gasteiger partial charge in [0.1, 0.15) is 6.29 Å². The van der Waals surface area contributed by atoms with E-state index in [4.69, 9.17) is 9.47 Å². The van der Waals surface area contributed by atoms with Crippen molar-refractivity contribution >= 4 is 6.29 Å². The molecular weight excluding hydrogens is 240 g/mol. The highest BCUT2D eigenvalue weighted by molar-refractivity contribution is 5.65. The topological polar surface area (TPSA) is 35.5 Å². The van der Waals surface area contributed by atoms with Crippen LogP contribution in [0.1, 0.15) is 47.9 Å². The fourth-order valence-electron chi connectivity index (χ4n) is 3.49. The van der Waals surface area contributed by atoms with Crippen molar-refractivity contribution in [2.75, 3.05) is 6.79 Å². The first-order chi connectivity index (χ1) is 9.17. The number of hydrogen-bond acceptors (Lipinski definition) is 3. The Bertz CT molecular complexity index is 534. The molecule has 0 radical (unpaired) electrons. The van der Waals surface area contributed by atoms with Gasteiger partial charge >= 0.3 is 0 Å². The van der Waals surface area contributed by atoms with Crippen LogP contribution in [0.3, 0.4) is 0 Å². The number of rotatable bonds is 2. The Balaban J connectivity index is 2.23. The van der Waals surface area contributed by atoms with Crippen LogP contribution in [-0.2, 0) is 11.2 Å². The van der Waals surface area contributed by atoms with Crippen LogP contribution in [0.4, 0.5) is 0 Å². The molecule has 0 N–H and O–H groups in total. The van der Waals surface area contributed by atoms with Gasteiger partial charge < -0.3 is 14.3 Å². The van der Waals surface area contributed by atoms with Crippen molar-refractivity contribution in [3.05, 3.63) is 22.3 Å². The summed E-state index contributed by atoms with van der Waals surface area (Å²) < 4.78 is 11.4. The van der Waals surface area contributed by atoms with Crippen LogP contribution in [0.2, 0.25) is 0 Å². The first kappa shape index (κ1) is 12.5. The van der Waals surface area contributed by atoms with Gasteiger partial charge in [0.2, 0.25) is 6.79 Å². The second kappa shape index (κ2) is 4.55. The van der Waals surface area contributed by atoms with E-state index in [0.717, 1.165) is 42.6 Å². The molecule has 0 amide bonds. The van der Waals surface area contributed by atoms with Gasteiger partial charge in [0.05, 0.1) is 0 Å². The van der Waals surface area contributed by atoms with Gasteiger partial charge in [0.15, 0.2) is 11.5 Å². The molecule has 2 aliphatic rings. The summed E-state index contributed by atoms with van der Waals surface area (Å²) in [6.07, 6.45) is 3.94. The van der Waals surface area contributed by atoms with Crippen LogP contribution in [-0.4, -0.2) is 13.1 Å². The van der Waals surface area contributed by atoms with Gasteiger partial charge in [0.25, 0.3) is 0 Å². The normalized spacial score (nSPS) is 24.2. The van der Waals surface area contributed by atoms with E-state index in [2.05, 4.69) is 20.8 Å². The summed E-state index contributed by atoms with van der Waals surface area (Å²) in [5, 5.41) is 0. The SMILES string of the molecule is CC[C@@H]1C[C@H](C=O)Cc2c(C)c(C)c3c(c21)OCO3. The molecule has 0 unspecified atom stereocenters. The summed E-state index contributed by atoms with van der Waals surface area (Å²) in [4.78, 5) is 11.2. The molecule has 0 saturated heterocycles. The lowest BCUT2D eigenvalue weighted by Crippen LogP contribution is -2.21. The fraction of sp³-hybridized carbons (Fsp3) is 0.562. The Kier molecular flexibility index (Phi) is 3.00. The van der Waals surface area contributed by atoms with Crippen molar-refractivity contribution in [2.24, 2.45) is 5.92 Å². The summed E-state index contributed by atoms with van der Waals surface area (Å²) in [6, 6.07) is 0. The predicted molar refractivity (Wildman–Crippen MR) is 72.9 cm³/mol. The molecule has 102 valence electrons. The van der Waals surface area contributed by atoms with Crippen molar-refractivity contribution < 1.29 is 14.3 Å². The van der Waals surface area contributed by atoms with E-state index in [0.29, 0.717) is 12.7 Å². The van der Waals surface area contributed by atoms with Gasteiger partial charge in [0, 0.05) is 11.5 Å². The Morgan fingerprint density at radius 3 is 2.63 bits per heavy atom. The minimum atomic E-state index is 0.149. The van der Waals surface area contributed by atoms with Crippen LogP contribution in [0.5, 0.6) is 11.5 Å². The molecule has 0 spiro atoms. The Morgan fingerprint density at radius 2 is 1.95 bits per heavy atom. The summed E-state index contributed by atoms with van der Waals surface area (Å²) >= 11 is 0. The third kappa shape index (κ3) is 1.75. The number of carbonyl (C=O) groups is 1. The maximum atomic E-state index is 11.2. The lowest BCUT2D eigenvalue weighted by atomic mass is 9.73. The number of aldehydes is 1. The van der Waals surface area contributed by atoms with E-state index in [1.165, 1.54) is 16.7 Å². The molecule has 19 heavy (non-hydrogen) atoms. The van der Waals surface area contributed by atoms with Crippen molar-refractivity contribution in [3.63, 3.8) is 0 Å². The molecule has 0 bridgehead atoms. The maximum Gasteiger partial charge on any atom is 0.231 e. The Labute approximate surface area is 113 Å². The smallest absolute Gasteiger partial charge is 0.231 e. The fourth-order valence-corrected chi connectivity index (χ4v) is 3.49. The number of carbonyl (C=O) groups excluding carboxylic acids is 1. The molecule has 3 rings (SSSR count). The molecule has 1 aliphatic heterocycles. The lowest BCUT2D eigenvalue weighted by molar-refractivity contribution is -0.111. The highest BCUT2D eigenvalue weighted by Gasteiger charge is 2.34. The minimum absolute atomic E-state index is 0.149. The third-order valence-corrected chi connectivity index (χ3v) is 4.69.